The van der Waals surface area contributed by atoms with Gasteiger partial charge in [0, 0.05) is 24.0 Å². The van der Waals surface area contributed by atoms with Crippen molar-refractivity contribution < 1.29 is 27.5 Å². The van der Waals surface area contributed by atoms with Gasteiger partial charge in [0.1, 0.15) is 17.4 Å². The van der Waals surface area contributed by atoms with Gasteiger partial charge in [-0.15, -0.1) is 11.3 Å². The van der Waals surface area contributed by atoms with Crippen LogP contribution in [0, 0.1) is 0 Å². The molecule has 0 saturated carbocycles. The molecule has 10 nitrogen and oxygen atoms in total. The molecule has 1 fully saturated rings. The largest absolute Gasteiger partial charge is 0.497 e. The molecule has 4 rings (SSSR count). The number of piperidine rings is 1. The smallest absolute Gasteiger partial charge is 0.407 e. The Hall–Kier alpha value is -3.48. The Bertz CT molecular complexity index is 1430. The first-order chi connectivity index (χ1) is 19.0. The summed E-state index contributed by atoms with van der Waals surface area (Å²) in [5.74, 6) is 0.329. The number of aromatic nitrogens is 1. The summed E-state index contributed by atoms with van der Waals surface area (Å²) in [5.41, 5.74) is 1.69. The van der Waals surface area contributed by atoms with E-state index in [9.17, 15) is 18.0 Å². The number of sulfonamides is 1. The van der Waals surface area contributed by atoms with Crippen molar-refractivity contribution in [3.05, 3.63) is 59.5 Å². The molecule has 214 valence electrons. The molecule has 1 saturated heterocycles. The number of methoxy groups -OCH3 is 1. The predicted octanol–water partition coefficient (Wildman–Crippen LogP) is 5.03. The molecule has 12 heteroatoms. The summed E-state index contributed by atoms with van der Waals surface area (Å²) in [6.07, 6.45) is 1.27. The van der Waals surface area contributed by atoms with Gasteiger partial charge in [-0.05, 0) is 75.6 Å². The maximum atomic E-state index is 13.6. The first kappa shape index (κ1) is 29.5. The van der Waals surface area contributed by atoms with Crippen molar-refractivity contribution >= 4 is 38.5 Å². The molecule has 2 aromatic carbocycles. The monoisotopic (exact) mass is 586 g/mol. The second-order valence-corrected chi connectivity index (χ2v) is 13.1. The van der Waals surface area contributed by atoms with Crippen LogP contribution >= 0.6 is 11.3 Å². The molecule has 1 aliphatic rings. The first-order valence-electron chi connectivity index (χ1n) is 12.9. The molecule has 0 bridgehead atoms. The number of amides is 2. The van der Waals surface area contributed by atoms with Crippen molar-refractivity contribution in [1.29, 1.82) is 0 Å². The SMILES string of the molecule is COc1ccc(-c2csc(NC(=O)[C@H]3CCCCN3S(=O)(=O)c3ccc(CNC(=O)OC(C)(C)C)cc3)n2)cc1. The van der Waals surface area contributed by atoms with Crippen LogP contribution in [0.25, 0.3) is 11.3 Å². The Morgan fingerprint density at radius 3 is 2.42 bits per heavy atom. The van der Waals surface area contributed by atoms with Crippen LogP contribution in [0.3, 0.4) is 0 Å². The maximum absolute atomic E-state index is 13.6. The van der Waals surface area contributed by atoms with Crippen molar-refractivity contribution in [3.63, 3.8) is 0 Å². The van der Waals surface area contributed by atoms with Crippen LogP contribution in [0.5, 0.6) is 5.75 Å². The third-order valence-corrected chi connectivity index (χ3v) is 8.92. The van der Waals surface area contributed by atoms with Gasteiger partial charge in [0.05, 0.1) is 17.7 Å². The minimum absolute atomic E-state index is 0.0873. The number of hydrogen-bond acceptors (Lipinski definition) is 8. The highest BCUT2D eigenvalue weighted by Gasteiger charge is 2.38. The number of anilines is 1. The molecule has 2 N–H and O–H groups in total. The second-order valence-electron chi connectivity index (χ2n) is 10.4. The fourth-order valence-corrected chi connectivity index (χ4v) is 6.65. The van der Waals surface area contributed by atoms with Crippen LogP contribution < -0.4 is 15.4 Å². The van der Waals surface area contributed by atoms with Crippen molar-refractivity contribution in [2.75, 3.05) is 19.0 Å². The van der Waals surface area contributed by atoms with E-state index < -0.39 is 33.7 Å². The summed E-state index contributed by atoms with van der Waals surface area (Å²) in [6.45, 7) is 5.76. The van der Waals surface area contributed by atoms with Crippen LogP contribution in [0.2, 0.25) is 0 Å². The first-order valence-corrected chi connectivity index (χ1v) is 15.3. The molecule has 3 aromatic rings. The van der Waals surface area contributed by atoms with Gasteiger partial charge in [-0.25, -0.2) is 18.2 Å². The third kappa shape index (κ3) is 7.38. The molecule has 2 amide bonds. The number of carbonyl (C=O) groups excluding carboxylic acids is 2. The van der Waals surface area contributed by atoms with E-state index in [-0.39, 0.29) is 18.0 Å². The van der Waals surface area contributed by atoms with E-state index in [2.05, 4.69) is 15.6 Å². The van der Waals surface area contributed by atoms with Gasteiger partial charge < -0.3 is 20.1 Å². The average Bonchev–Trinajstić information content (AvgIpc) is 3.39. The van der Waals surface area contributed by atoms with Crippen LogP contribution in [0.1, 0.15) is 45.6 Å². The van der Waals surface area contributed by atoms with Gasteiger partial charge in [0.25, 0.3) is 0 Å². The normalized spacial score (nSPS) is 16.2. The number of nitrogens with one attached hydrogen (secondary N) is 2. The summed E-state index contributed by atoms with van der Waals surface area (Å²) in [7, 11) is -2.33. The fraction of sp³-hybridized carbons (Fsp3) is 0.393. The van der Waals surface area contributed by atoms with Gasteiger partial charge in [0.2, 0.25) is 15.9 Å². The van der Waals surface area contributed by atoms with Crippen molar-refractivity contribution in [2.45, 2.75) is 63.1 Å². The fourth-order valence-electron chi connectivity index (χ4n) is 4.27. The molecule has 0 radical (unpaired) electrons. The van der Waals surface area contributed by atoms with Crippen LogP contribution in [-0.4, -0.2) is 55.0 Å². The third-order valence-electron chi connectivity index (χ3n) is 6.24. The van der Waals surface area contributed by atoms with Gasteiger partial charge in [-0.2, -0.15) is 4.31 Å². The molecule has 1 aromatic heterocycles. The number of thiazole rings is 1. The minimum Gasteiger partial charge on any atom is -0.497 e. The summed E-state index contributed by atoms with van der Waals surface area (Å²) >= 11 is 1.28. The Morgan fingerprint density at radius 2 is 1.77 bits per heavy atom. The zero-order valence-corrected chi connectivity index (χ0v) is 24.6. The number of carbonyl (C=O) groups is 2. The zero-order chi connectivity index (χ0) is 28.9. The number of alkyl carbamates (subject to hydrolysis) is 1. The number of nitrogens with zero attached hydrogens (tertiary/aromatic N) is 2. The Morgan fingerprint density at radius 1 is 1.07 bits per heavy atom. The number of benzene rings is 2. The number of rotatable bonds is 8. The maximum Gasteiger partial charge on any atom is 0.407 e. The molecule has 2 heterocycles. The predicted molar refractivity (Wildman–Crippen MR) is 154 cm³/mol. The summed E-state index contributed by atoms with van der Waals surface area (Å²) in [6, 6.07) is 12.9. The summed E-state index contributed by atoms with van der Waals surface area (Å²) in [4.78, 5) is 29.8. The molecule has 0 spiro atoms. The van der Waals surface area contributed by atoms with E-state index in [0.29, 0.717) is 29.2 Å². The van der Waals surface area contributed by atoms with Crippen LogP contribution in [0.15, 0.2) is 58.8 Å². The number of ether oxygens (including phenoxy) is 2. The van der Waals surface area contributed by atoms with E-state index in [1.54, 1.807) is 40.0 Å². The molecule has 40 heavy (non-hydrogen) atoms. The van der Waals surface area contributed by atoms with Crippen molar-refractivity contribution in [2.24, 2.45) is 0 Å². The lowest BCUT2D eigenvalue weighted by Gasteiger charge is -2.33. The lowest BCUT2D eigenvalue weighted by atomic mass is 10.0. The van der Waals surface area contributed by atoms with E-state index >= 15 is 0 Å². The van der Waals surface area contributed by atoms with Crippen molar-refractivity contribution in [1.82, 2.24) is 14.6 Å². The topological polar surface area (TPSA) is 127 Å². The van der Waals surface area contributed by atoms with Crippen LogP contribution in [-0.2, 0) is 26.1 Å². The average molecular weight is 587 g/mol. The van der Waals surface area contributed by atoms with Gasteiger partial charge in [0.15, 0.2) is 5.13 Å². The molecule has 1 aliphatic heterocycles. The van der Waals surface area contributed by atoms with E-state index in [1.165, 1.54) is 27.8 Å². The van der Waals surface area contributed by atoms with E-state index in [1.807, 2.05) is 29.6 Å². The molecule has 0 unspecified atom stereocenters. The Balaban J connectivity index is 1.42. The Labute approximate surface area is 238 Å². The highest BCUT2D eigenvalue weighted by atomic mass is 32.2. The van der Waals surface area contributed by atoms with Crippen LogP contribution in [0.4, 0.5) is 9.93 Å². The highest BCUT2D eigenvalue weighted by molar-refractivity contribution is 7.89. The van der Waals surface area contributed by atoms with Gasteiger partial charge in [-0.1, -0.05) is 18.6 Å². The van der Waals surface area contributed by atoms with E-state index in [4.69, 9.17) is 9.47 Å². The van der Waals surface area contributed by atoms with Gasteiger partial charge in [-0.3, -0.25) is 4.79 Å². The number of hydrogen-bond donors (Lipinski definition) is 2. The quantitative estimate of drug-likeness (QED) is 0.379. The van der Waals surface area contributed by atoms with Gasteiger partial charge >= 0.3 is 6.09 Å². The zero-order valence-electron chi connectivity index (χ0n) is 23.0. The van der Waals surface area contributed by atoms with E-state index in [0.717, 1.165) is 17.7 Å². The molecular formula is C28H34N4O6S2. The molecule has 1 atom stereocenters. The standard InChI is InChI=1S/C28H34N4O6S2/c1-28(2,3)38-27(34)29-17-19-8-14-22(15-9-19)40(35,36)32-16-6-5-7-24(32)25(33)31-26-30-23(18-39-26)20-10-12-21(37-4)13-11-20/h8-15,18,24H,5-7,16-17H2,1-4H3,(H,29,34)(H,30,31,33)/t24-/m1/s1. The highest BCUT2D eigenvalue weighted by Crippen LogP contribution is 2.29. The summed E-state index contributed by atoms with van der Waals surface area (Å²) in [5, 5.41) is 7.71. The molecular weight excluding hydrogens is 552 g/mol. The van der Waals surface area contributed by atoms with Crippen molar-refractivity contribution in [3.8, 4) is 17.0 Å². The Kier molecular flexibility index (Phi) is 9.12. The molecule has 0 aliphatic carbocycles. The summed E-state index contributed by atoms with van der Waals surface area (Å²) < 4.78 is 38.8. The second kappa shape index (κ2) is 12.4. The minimum atomic E-state index is -3.93. The lowest BCUT2D eigenvalue weighted by Crippen LogP contribution is -2.49. The lowest BCUT2D eigenvalue weighted by molar-refractivity contribution is -0.120.